The summed E-state index contributed by atoms with van der Waals surface area (Å²) in [6, 6.07) is 21.9. The maximum Gasteiger partial charge on any atom is 0.530 e. The number of imidazole rings is 1. The van der Waals surface area contributed by atoms with Crippen molar-refractivity contribution in [3.8, 4) is 17.6 Å². The van der Waals surface area contributed by atoms with Crippen molar-refractivity contribution in [1.82, 2.24) is 29.1 Å². The molecule has 8 rings (SSSR count). The van der Waals surface area contributed by atoms with E-state index in [1.165, 1.54) is 78.9 Å². The second-order valence-corrected chi connectivity index (χ2v) is 19.0. The number of nitrogens with one attached hydrogen (secondary N) is 2. The van der Waals surface area contributed by atoms with Crippen molar-refractivity contribution in [3.63, 3.8) is 0 Å². The summed E-state index contributed by atoms with van der Waals surface area (Å²) < 4.78 is 79.7. The molecule has 2 saturated heterocycles. The molecule has 2 aliphatic rings. The van der Waals surface area contributed by atoms with Crippen LogP contribution in [0.5, 0.6) is 11.5 Å². The number of aromatic amines is 1. The van der Waals surface area contributed by atoms with Gasteiger partial charge in [-0.3, -0.25) is 41.8 Å². The average Bonchev–Trinajstić information content (AvgIpc) is 4.06. The van der Waals surface area contributed by atoms with Crippen LogP contribution >= 0.6 is 38.8 Å². The van der Waals surface area contributed by atoms with Crippen LogP contribution in [-0.2, 0) is 36.7 Å². The van der Waals surface area contributed by atoms with E-state index < -0.39 is 82.9 Å². The van der Waals surface area contributed by atoms with E-state index in [0.717, 1.165) is 4.57 Å². The smallest absolute Gasteiger partial charge is 0.404 e. The Morgan fingerprint density at radius 2 is 1.47 bits per heavy atom. The van der Waals surface area contributed by atoms with Crippen molar-refractivity contribution < 1.29 is 55.6 Å². The number of rotatable bonds is 19. The van der Waals surface area contributed by atoms with Gasteiger partial charge in [0.25, 0.3) is 11.5 Å². The minimum Gasteiger partial charge on any atom is -0.404 e. The Morgan fingerprint density at radius 1 is 0.868 bits per heavy atom. The third-order valence-electron chi connectivity index (χ3n) is 10.4. The highest BCUT2D eigenvalue weighted by atomic mass is 35.5. The molecule has 356 valence electrons. The summed E-state index contributed by atoms with van der Waals surface area (Å²) in [7, 11) is -9.51. The lowest BCUT2D eigenvalue weighted by Crippen LogP contribution is -2.33. The molecule has 0 bridgehead atoms. The summed E-state index contributed by atoms with van der Waals surface area (Å²) in [6.07, 6.45) is -3.70. The Morgan fingerprint density at radius 3 is 2.10 bits per heavy atom. The summed E-state index contributed by atoms with van der Waals surface area (Å²) in [5.74, 6) is -0.274. The van der Waals surface area contributed by atoms with Gasteiger partial charge in [-0.15, -0.1) is 0 Å². The molecule has 5 heterocycles. The largest absolute Gasteiger partial charge is 0.530 e. The number of nitriles is 1. The van der Waals surface area contributed by atoms with Gasteiger partial charge in [-0.25, -0.2) is 28.9 Å². The lowest BCUT2D eigenvalue weighted by atomic mass is 10.2. The number of benzene rings is 3. The average molecular weight is 1010 g/mol. The van der Waals surface area contributed by atoms with Crippen molar-refractivity contribution in [1.29, 1.82) is 5.26 Å². The van der Waals surface area contributed by atoms with Gasteiger partial charge < -0.3 is 28.9 Å². The molecule has 1 amide bonds. The topological polar surface area (TPSA) is 280 Å². The van der Waals surface area contributed by atoms with Gasteiger partial charge in [-0.2, -0.15) is 5.26 Å². The molecule has 3 N–H and O–H groups in total. The van der Waals surface area contributed by atoms with Crippen LogP contribution in [0.15, 0.2) is 107 Å². The van der Waals surface area contributed by atoms with Crippen LogP contribution in [0.2, 0.25) is 10.0 Å². The first-order chi connectivity index (χ1) is 32.7. The fourth-order valence-corrected chi connectivity index (χ4v) is 10.2. The zero-order valence-electron chi connectivity index (χ0n) is 35.5. The zero-order valence-corrected chi connectivity index (χ0v) is 38.8. The second-order valence-electron chi connectivity index (χ2n) is 15.1. The van der Waals surface area contributed by atoms with E-state index in [1.54, 1.807) is 30.3 Å². The number of anilines is 1. The van der Waals surface area contributed by atoms with Gasteiger partial charge in [-0.05, 0) is 67.6 Å². The highest BCUT2D eigenvalue weighted by Gasteiger charge is 2.48. The number of aliphatic hydroxyl groups excluding tert-OH is 1. The Balaban J connectivity index is 1.06. The van der Waals surface area contributed by atoms with Crippen molar-refractivity contribution in [2.24, 2.45) is 0 Å². The number of phosphoric acid groups is 2. The minimum absolute atomic E-state index is 0.00354. The Hall–Kier alpha value is -5.79. The molecular formula is C42H40Cl2N8O14P2. The molecule has 68 heavy (non-hydrogen) atoms. The normalized spacial score (nSPS) is 22.0. The van der Waals surface area contributed by atoms with Crippen molar-refractivity contribution in [2.45, 2.75) is 63.1 Å². The standard InChI is InChI=1S/C42H40Cl2N8O14P2/c1-25-20-51(42(56)50-40(25)54)35-19-32(66-67(57,59-17-5-16-45)63-29-12-8-27(43)9-13-29)34(62-35)22-60-68(58,64-30-14-10-28(44)11-15-30)65-31-18-36(61-33(31)21-53)52-24-48-37-38(46-23-47-39(37)52)49-41(55)26-6-3-2-4-7-26/h2-4,6-15,20,23-24,31-36,53H,5,17-19,21-22H2,1H3,(H,50,54,56)(H,46,47,49,55). The Kier molecular flexibility index (Phi) is 15.2. The first-order valence-electron chi connectivity index (χ1n) is 20.6. The maximum atomic E-state index is 15.0. The second kappa shape index (κ2) is 21.2. The number of hydrogen-bond donors (Lipinski definition) is 3. The molecule has 0 spiro atoms. The predicted molar refractivity (Wildman–Crippen MR) is 241 cm³/mol. The number of fused-ring (bicyclic) bond motifs is 1. The number of H-pyrrole nitrogens is 1. The molecule has 26 heteroatoms. The minimum atomic E-state index is -4.85. The van der Waals surface area contributed by atoms with Gasteiger partial charge in [-0.1, -0.05) is 41.4 Å². The quantitative estimate of drug-likeness (QED) is 0.0549. The number of aromatic nitrogens is 6. The first-order valence-corrected chi connectivity index (χ1v) is 24.3. The third kappa shape index (κ3) is 11.5. The van der Waals surface area contributed by atoms with E-state index in [1.807, 2.05) is 6.07 Å². The summed E-state index contributed by atoms with van der Waals surface area (Å²) >= 11 is 12.2. The van der Waals surface area contributed by atoms with Gasteiger partial charge in [0.15, 0.2) is 17.0 Å². The summed E-state index contributed by atoms with van der Waals surface area (Å²) in [5.41, 5.74) is -0.428. The molecule has 8 unspecified atom stereocenters. The Bertz CT molecular complexity index is 3010. The molecule has 2 aliphatic heterocycles. The monoisotopic (exact) mass is 1010 g/mol. The van der Waals surface area contributed by atoms with Crippen LogP contribution in [0, 0.1) is 18.3 Å². The van der Waals surface area contributed by atoms with Gasteiger partial charge >= 0.3 is 21.3 Å². The van der Waals surface area contributed by atoms with Gasteiger partial charge in [0, 0.05) is 40.2 Å². The van der Waals surface area contributed by atoms with E-state index in [2.05, 4.69) is 25.3 Å². The maximum absolute atomic E-state index is 15.0. The summed E-state index contributed by atoms with van der Waals surface area (Å²) in [6.45, 7) is -0.210. The number of nitrogens with zero attached hydrogens (tertiary/aromatic N) is 6. The highest BCUT2D eigenvalue weighted by molar-refractivity contribution is 7.49. The number of ether oxygens (including phenoxy) is 2. The van der Waals surface area contributed by atoms with Crippen LogP contribution in [0.1, 0.15) is 47.6 Å². The Labute approximate surface area is 395 Å². The van der Waals surface area contributed by atoms with E-state index in [0.29, 0.717) is 15.6 Å². The molecule has 0 saturated carbocycles. The molecule has 22 nitrogen and oxygen atoms in total. The number of hydrogen-bond acceptors (Lipinski definition) is 18. The van der Waals surface area contributed by atoms with E-state index in [-0.39, 0.29) is 59.9 Å². The molecule has 2 fully saturated rings. The van der Waals surface area contributed by atoms with Gasteiger partial charge in [0.05, 0.1) is 38.6 Å². The molecule has 0 aliphatic carbocycles. The van der Waals surface area contributed by atoms with Crippen molar-refractivity contribution in [3.05, 3.63) is 140 Å². The molecule has 6 aromatic rings. The van der Waals surface area contributed by atoms with Crippen LogP contribution in [0.4, 0.5) is 5.82 Å². The number of halogens is 2. The molecule has 3 aromatic heterocycles. The summed E-state index contributed by atoms with van der Waals surface area (Å²) in [5, 5.41) is 23.2. The number of carbonyl (C=O) groups is 1. The van der Waals surface area contributed by atoms with E-state index in [9.17, 15) is 33.9 Å². The van der Waals surface area contributed by atoms with Crippen LogP contribution in [-0.4, -0.2) is 84.3 Å². The van der Waals surface area contributed by atoms with Gasteiger partial charge in [0.2, 0.25) is 0 Å². The third-order valence-corrected chi connectivity index (χ3v) is 13.8. The van der Waals surface area contributed by atoms with E-state index >= 15 is 0 Å². The first kappa shape index (κ1) is 48.7. The lowest BCUT2D eigenvalue weighted by Gasteiger charge is -2.27. The SMILES string of the molecule is Cc1cn(C2CC(OP(=O)(OCCC#N)Oc3ccc(Cl)cc3)C(COP(=O)(Oc3ccc(Cl)cc3)OC3CC(n4cnc5c(NC(=O)c6ccccc6)ncnc54)OC3CO)O2)c(=O)[nH]c1=O. The molecule has 0 radical (unpaired) electrons. The number of amides is 1. The molecule has 8 atom stereocenters. The number of aliphatic hydroxyl groups is 1. The predicted octanol–water partition coefficient (Wildman–Crippen LogP) is 6.90. The van der Waals surface area contributed by atoms with Crippen molar-refractivity contribution >= 4 is 61.7 Å². The molecule has 3 aromatic carbocycles. The van der Waals surface area contributed by atoms with Crippen LogP contribution < -0.4 is 25.6 Å². The van der Waals surface area contributed by atoms with Crippen molar-refractivity contribution in [2.75, 3.05) is 25.1 Å². The number of carbonyl (C=O) groups excluding carboxylic acids is 1. The zero-order chi connectivity index (χ0) is 48.0. The van der Waals surface area contributed by atoms with Crippen LogP contribution in [0.3, 0.4) is 0 Å². The lowest BCUT2D eigenvalue weighted by molar-refractivity contribution is -0.0558. The number of phosphoric ester groups is 2. The number of aryl methyl sites for hydroxylation is 1. The molecular weight excluding hydrogens is 973 g/mol. The fraction of sp³-hybridized carbons (Fsp3) is 0.310. The summed E-state index contributed by atoms with van der Waals surface area (Å²) in [4.78, 5) is 53.5. The van der Waals surface area contributed by atoms with Gasteiger partial charge in [0.1, 0.15) is 54.7 Å². The fourth-order valence-electron chi connectivity index (χ4n) is 7.11. The highest BCUT2D eigenvalue weighted by Crippen LogP contribution is 2.56. The van der Waals surface area contributed by atoms with Crippen LogP contribution in [0.25, 0.3) is 11.2 Å². The van der Waals surface area contributed by atoms with E-state index in [4.69, 9.17) is 59.8 Å².